The Morgan fingerprint density at radius 3 is 2.07 bits per heavy atom. The maximum Gasteiger partial charge on any atom is 0.329 e. The van der Waals surface area contributed by atoms with E-state index in [1.165, 1.54) is 0 Å². The number of fused-ring (bicyclic) bond motifs is 2. The van der Waals surface area contributed by atoms with Crippen molar-refractivity contribution in [1.29, 1.82) is 0 Å². The highest BCUT2D eigenvalue weighted by Crippen LogP contribution is 2.27. The van der Waals surface area contributed by atoms with Crippen LogP contribution < -0.4 is 10.7 Å². The van der Waals surface area contributed by atoms with Crippen LogP contribution in [0.5, 0.6) is 0 Å². The smallest absolute Gasteiger partial charge is 0.329 e. The summed E-state index contributed by atoms with van der Waals surface area (Å²) in [5.74, 6) is -1.53. The number of hydrogen-bond acceptors (Lipinski definition) is 3. The zero-order valence-electron chi connectivity index (χ0n) is 16.6. The molecule has 0 aliphatic carbocycles. The van der Waals surface area contributed by atoms with Crippen molar-refractivity contribution in [3.05, 3.63) is 95.6 Å². The fourth-order valence-electron chi connectivity index (χ4n) is 3.36. The van der Waals surface area contributed by atoms with Crippen molar-refractivity contribution in [3.8, 4) is 0 Å². The number of benzene rings is 4. The lowest BCUT2D eigenvalue weighted by Gasteiger charge is -2.08. The highest BCUT2D eigenvalue weighted by Gasteiger charge is 2.12. The van der Waals surface area contributed by atoms with Gasteiger partial charge in [-0.05, 0) is 40.1 Å². The first-order chi connectivity index (χ1) is 14.6. The molecule has 5 heteroatoms. The topological polar surface area (TPSA) is 70.6 Å². The number of nitrogens with one attached hydrogen (secondary N) is 2. The molecule has 0 unspecified atom stereocenters. The van der Waals surface area contributed by atoms with Crippen LogP contribution >= 0.6 is 0 Å². The normalized spacial score (nSPS) is 11.1. The van der Waals surface area contributed by atoms with Crippen molar-refractivity contribution < 1.29 is 9.59 Å². The van der Waals surface area contributed by atoms with Crippen LogP contribution in [0.4, 0.5) is 0 Å². The number of carbonyl (C=O) groups is 2. The number of amides is 2. The van der Waals surface area contributed by atoms with Crippen LogP contribution in [0, 0.1) is 6.92 Å². The minimum atomic E-state index is -0.803. The van der Waals surface area contributed by atoms with E-state index < -0.39 is 11.8 Å². The van der Waals surface area contributed by atoms with Crippen molar-refractivity contribution in [2.45, 2.75) is 13.5 Å². The van der Waals surface area contributed by atoms with Crippen molar-refractivity contribution in [3.63, 3.8) is 0 Å². The lowest BCUT2D eigenvalue weighted by molar-refractivity contribution is -0.139. The molecule has 0 aromatic heterocycles. The molecule has 0 aliphatic heterocycles. The zero-order chi connectivity index (χ0) is 20.9. The maximum atomic E-state index is 12.1. The first-order valence-electron chi connectivity index (χ1n) is 9.69. The van der Waals surface area contributed by atoms with Crippen LogP contribution in [-0.2, 0) is 16.1 Å². The number of nitrogens with zero attached hydrogens (tertiary/aromatic N) is 1. The fourth-order valence-corrected chi connectivity index (χ4v) is 3.36. The van der Waals surface area contributed by atoms with Gasteiger partial charge in [0.1, 0.15) is 0 Å². The van der Waals surface area contributed by atoms with Crippen molar-refractivity contribution in [2.75, 3.05) is 0 Å². The summed E-state index contributed by atoms with van der Waals surface area (Å²) in [5.41, 5.74) is 5.28. The van der Waals surface area contributed by atoms with E-state index in [0.29, 0.717) is 0 Å². The lowest BCUT2D eigenvalue weighted by Crippen LogP contribution is -2.37. The molecule has 0 aliphatic rings. The molecule has 5 nitrogen and oxygen atoms in total. The Morgan fingerprint density at radius 1 is 0.833 bits per heavy atom. The van der Waals surface area contributed by atoms with Gasteiger partial charge in [-0.3, -0.25) is 9.59 Å². The highest BCUT2D eigenvalue weighted by atomic mass is 16.2. The van der Waals surface area contributed by atoms with Gasteiger partial charge >= 0.3 is 11.8 Å². The number of aryl methyl sites for hydroxylation is 1. The Morgan fingerprint density at radius 2 is 1.43 bits per heavy atom. The lowest BCUT2D eigenvalue weighted by atomic mass is 9.97. The molecule has 30 heavy (non-hydrogen) atoms. The van der Waals surface area contributed by atoms with Crippen LogP contribution in [0.15, 0.2) is 84.0 Å². The quantitative estimate of drug-likeness (QED) is 0.237. The predicted molar refractivity (Wildman–Crippen MR) is 120 cm³/mol. The third-order valence-electron chi connectivity index (χ3n) is 4.95. The summed E-state index contributed by atoms with van der Waals surface area (Å²) in [6.07, 6.45) is 1.59. The van der Waals surface area contributed by atoms with E-state index in [2.05, 4.69) is 21.9 Å². The van der Waals surface area contributed by atoms with Gasteiger partial charge in [0.2, 0.25) is 0 Å². The second-order valence-corrected chi connectivity index (χ2v) is 7.10. The van der Waals surface area contributed by atoms with E-state index in [0.717, 1.165) is 38.2 Å². The Kier molecular flexibility index (Phi) is 5.52. The average molecular weight is 395 g/mol. The molecule has 4 aromatic rings. The van der Waals surface area contributed by atoms with Crippen molar-refractivity contribution in [2.24, 2.45) is 5.10 Å². The van der Waals surface area contributed by atoms with Crippen molar-refractivity contribution in [1.82, 2.24) is 10.7 Å². The number of rotatable bonds is 4. The van der Waals surface area contributed by atoms with E-state index in [4.69, 9.17) is 0 Å². The molecule has 0 radical (unpaired) electrons. The van der Waals surface area contributed by atoms with Crippen LogP contribution in [0.3, 0.4) is 0 Å². The summed E-state index contributed by atoms with van der Waals surface area (Å²) in [6, 6.07) is 25.9. The molecule has 0 fully saturated rings. The van der Waals surface area contributed by atoms with Crippen LogP contribution in [0.1, 0.15) is 16.7 Å². The van der Waals surface area contributed by atoms with Gasteiger partial charge < -0.3 is 5.32 Å². The second kappa shape index (κ2) is 8.57. The summed E-state index contributed by atoms with van der Waals surface area (Å²) >= 11 is 0. The first-order valence-corrected chi connectivity index (χ1v) is 9.69. The summed E-state index contributed by atoms with van der Waals surface area (Å²) < 4.78 is 0. The number of hydrogen-bond donors (Lipinski definition) is 2. The summed E-state index contributed by atoms with van der Waals surface area (Å²) in [5, 5.41) is 10.9. The fraction of sp³-hybridized carbons (Fsp3) is 0.0800. The van der Waals surface area contributed by atoms with E-state index >= 15 is 0 Å². The van der Waals surface area contributed by atoms with Gasteiger partial charge in [-0.1, -0.05) is 78.4 Å². The molecule has 0 heterocycles. The molecular weight excluding hydrogens is 374 g/mol. The molecule has 4 aromatic carbocycles. The monoisotopic (exact) mass is 395 g/mol. The predicted octanol–water partition coefficient (Wildman–Crippen LogP) is 4.07. The molecule has 0 bridgehead atoms. The van der Waals surface area contributed by atoms with Gasteiger partial charge in [0.15, 0.2) is 0 Å². The van der Waals surface area contributed by atoms with Gasteiger partial charge in [-0.2, -0.15) is 5.10 Å². The van der Waals surface area contributed by atoms with E-state index in [1.54, 1.807) is 6.21 Å². The minimum Gasteiger partial charge on any atom is -0.344 e. The SMILES string of the molecule is Cc1ccc(CNC(=O)C(=O)NN=Cc2c3ccccc3cc3ccccc23)cc1. The third-order valence-corrected chi connectivity index (χ3v) is 4.95. The molecule has 0 spiro atoms. The Bertz CT molecular complexity index is 1210. The largest absolute Gasteiger partial charge is 0.344 e. The molecule has 0 atom stereocenters. The molecule has 2 N–H and O–H groups in total. The summed E-state index contributed by atoms with van der Waals surface area (Å²) in [4.78, 5) is 24.2. The van der Waals surface area contributed by atoms with E-state index in [1.807, 2.05) is 79.7 Å². The highest BCUT2D eigenvalue weighted by molar-refractivity contribution is 6.35. The first kappa shape index (κ1) is 19.3. The molecule has 148 valence electrons. The van der Waals surface area contributed by atoms with Gasteiger partial charge in [0.25, 0.3) is 0 Å². The Hall–Kier alpha value is -3.99. The zero-order valence-corrected chi connectivity index (χ0v) is 16.6. The molecule has 0 saturated heterocycles. The maximum absolute atomic E-state index is 12.1. The summed E-state index contributed by atoms with van der Waals surface area (Å²) in [7, 11) is 0. The Labute approximate surface area is 174 Å². The van der Waals surface area contributed by atoms with Gasteiger partial charge in [0, 0.05) is 12.1 Å². The standard InChI is InChI=1S/C25H21N3O2/c1-17-10-12-18(13-11-17)15-26-24(29)25(30)28-27-16-23-21-8-4-2-6-19(21)14-20-7-3-5-9-22(20)23/h2-14,16H,15H2,1H3,(H,26,29)(H,28,30). The number of hydrazone groups is 1. The third kappa shape index (κ3) is 4.20. The molecular formula is C25H21N3O2. The molecule has 4 rings (SSSR count). The van der Waals surface area contributed by atoms with E-state index in [9.17, 15) is 9.59 Å². The average Bonchev–Trinajstić information content (AvgIpc) is 2.78. The van der Waals surface area contributed by atoms with Crippen LogP contribution in [-0.4, -0.2) is 18.0 Å². The van der Waals surface area contributed by atoms with Gasteiger partial charge in [-0.25, -0.2) is 5.43 Å². The Balaban J connectivity index is 1.48. The van der Waals surface area contributed by atoms with Crippen molar-refractivity contribution >= 4 is 39.6 Å². The van der Waals surface area contributed by atoms with Gasteiger partial charge in [0.05, 0.1) is 6.21 Å². The number of carbonyl (C=O) groups excluding carboxylic acids is 2. The second-order valence-electron chi connectivity index (χ2n) is 7.10. The van der Waals surface area contributed by atoms with Gasteiger partial charge in [-0.15, -0.1) is 0 Å². The molecule has 2 amide bonds. The van der Waals surface area contributed by atoms with E-state index in [-0.39, 0.29) is 6.54 Å². The summed E-state index contributed by atoms with van der Waals surface area (Å²) in [6.45, 7) is 2.27. The van der Waals surface area contributed by atoms with Crippen LogP contribution in [0.2, 0.25) is 0 Å². The minimum absolute atomic E-state index is 0.282. The van der Waals surface area contributed by atoms with Crippen LogP contribution in [0.25, 0.3) is 21.5 Å². The molecule has 0 saturated carbocycles.